The van der Waals surface area contributed by atoms with Gasteiger partial charge in [-0.1, -0.05) is 42.3 Å². The summed E-state index contributed by atoms with van der Waals surface area (Å²) in [4.78, 5) is 34.0. The molecule has 2 amide bonds. The first-order valence-corrected chi connectivity index (χ1v) is 9.44. The number of nitrogens with one attached hydrogen (secondary N) is 2. The second kappa shape index (κ2) is 11.6. The molecule has 0 bridgehead atoms. The average molecular weight is 417 g/mol. The molecule has 0 saturated heterocycles. The Labute approximate surface area is 173 Å². The third-order valence-electron chi connectivity index (χ3n) is 3.97. The number of halogens is 1. The van der Waals surface area contributed by atoms with Gasteiger partial charge in [0.25, 0.3) is 11.6 Å². The molecule has 0 spiro atoms. The van der Waals surface area contributed by atoms with Crippen molar-refractivity contribution in [2.45, 2.75) is 25.7 Å². The highest BCUT2D eigenvalue weighted by atomic mass is 35.5. The smallest absolute Gasteiger partial charge is 0.270 e. The Kier molecular flexibility index (Phi) is 8.78. The van der Waals surface area contributed by atoms with E-state index in [0.717, 1.165) is 12.8 Å². The van der Waals surface area contributed by atoms with Crippen LogP contribution in [0.5, 0.6) is 0 Å². The van der Waals surface area contributed by atoms with E-state index in [0.29, 0.717) is 35.5 Å². The van der Waals surface area contributed by atoms with Crippen molar-refractivity contribution >= 4 is 35.3 Å². The normalized spacial score (nSPS) is 10.7. The fraction of sp³-hybridized carbons (Fsp3) is 0.250. The number of rotatable bonds is 10. The number of non-ortho nitro benzene ring substituents is 1. The van der Waals surface area contributed by atoms with E-state index >= 15 is 0 Å². The molecular formula is C20H21ClN4O4. The first-order valence-electron chi connectivity index (χ1n) is 9.06. The van der Waals surface area contributed by atoms with Gasteiger partial charge >= 0.3 is 0 Å². The molecule has 0 unspecified atom stereocenters. The van der Waals surface area contributed by atoms with E-state index in [1.807, 2.05) is 0 Å². The van der Waals surface area contributed by atoms with Gasteiger partial charge in [0.1, 0.15) is 0 Å². The Morgan fingerprint density at radius 2 is 1.90 bits per heavy atom. The first kappa shape index (κ1) is 22.0. The predicted molar refractivity (Wildman–Crippen MR) is 111 cm³/mol. The minimum atomic E-state index is -0.493. The summed E-state index contributed by atoms with van der Waals surface area (Å²) in [6.07, 6.45) is 3.81. The summed E-state index contributed by atoms with van der Waals surface area (Å²) in [5.74, 6) is -0.462. The van der Waals surface area contributed by atoms with Crippen LogP contribution in [0.1, 0.15) is 41.6 Å². The Balaban J connectivity index is 1.60. The van der Waals surface area contributed by atoms with E-state index in [9.17, 15) is 19.7 Å². The molecule has 0 aliphatic carbocycles. The lowest BCUT2D eigenvalue weighted by molar-refractivity contribution is -0.384. The fourth-order valence-electron chi connectivity index (χ4n) is 2.48. The van der Waals surface area contributed by atoms with Crippen molar-refractivity contribution in [3.05, 3.63) is 74.8 Å². The molecule has 2 rings (SSSR count). The number of benzene rings is 2. The molecule has 0 radical (unpaired) electrons. The number of nitro groups is 1. The quantitative estimate of drug-likeness (QED) is 0.266. The highest BCUT2D eigenvalue weighted by molar-refractivity contribution is 6.33. The molecule has 0 saturated carbocycles. The number of unbranched alkanes of at least 4 members (excludes halogenated alkanes) is 2. The maximum absolute atomic E-state index is 12.0. The van der Waals surface area contributed by atoms with Crippen molar-refractivity contribution in [3.8, 4) is 0 Å². The number of nitrogens with zero attached hydrogens (tertiary/aromatic N) is 2. The van der Waals surface area contributed by atoms with Crippen LogP contribution < -0.4 is 10.7 Å². The number of amides is 2. The van der Waals surface area contributed by atoms with Gasteiger partial charge in [-0.3, -0.25) is 19.7 Å². The van der Waals surface area contributed by atoms with Crippen LogP contribution in [0.2, 0.25) is 5.02 Å². The van der Waals surface area contributed by atoms with E-state index in [4.69, 9.17) is 11.6 Å². The van der Waals surface area contributed by atoms with E-state index in [1.165, 1.54) is 18.3 Å². The minimum Gasteiger partial charge on any atom is -0.352 e. The van der Waals surface area contributed by atoms with Crippen LogP contribution in [-0.2, 0) is 4.79 Å². The summed E-state index contributed by atoms with van der Waals surface area (Å²) < 4.78 is 0. The second-order valence-corrected chi connectivity index (χ2v) is 6.60. The van der Waals surface area contributed by atoms with Crippen LogP contribution in [0.15, 0.2) is 53.6 Å². The van der Waals surface area contributed by atoms with Gasteiger partial charge in [-0.25, -0.2) is 5.43 Å². The number of carbonyl (C=O) groups excluding carboxylic acids is 2. The highest BCUT2D eigenvalue weighted by Gasteiger charge is 2.08. The van der Waals surface area contributed by atoms with Gasteiger partial charge in [0.05, 0.1) is 21.7 Å². The van der Waals surface area contributed by atoms with Gasteiger partial charge in [0.15, 0.2) is 0 Å². The Morgan fingerprint density at radius 3 is 2.66 bits per heavy atom. The number of carbonyl (C=O) groups is 2. The number of nitro benzene ring substituents is 1. The lowest BCUT2D eigenvalue weighted by Gasteiger charge is -2.06. The molecule has 9 heteroatoms. The zero-order valence-electron chi connectivity index (χ0n) is 15.6. The fourth-order valence-corrected chi connectivity index (χ4v) is 2.70. The van der Waals surface area contributed by atoms with Gasteiger partial charge in [-0.2, -0.15) is 5.10 Å². The van der Waals surface area contributed by atoms with Gasteiger partial charge in [0.2, 0.25) is 5.91 Å². The van der Waals surface area contributed by atoms with Crippen LogP contribution in [0, 0.1) is 10.1 Å². The van der Waals surface area contributed by atoms with Crippen LogP contribution in [0.25, 0.3) is 0 Å². The SMILES string of the molecule is O=C(CCCCCNC(=O)c1ccccc1Cl)NN=Cc1cccc([N+](=O)[O-])c1. The monoisotopic (exact) mass is 416 g/mol. The largest absolute Gasteiger partial charge is 0.352 e. The molecule has 0 aromatic heterocycles. The van der Waals surface area contributed by atoms with Crippen molar-refractivity contribution in [2.75, 3.05) is 6.54 Å². The van der Waals surface area contributed by atoms with Gasteiger partial charge in [-0.05, 0) is 25.0 Å². The average Bonchev–Trinajstić information content (AvgIpc) is 2.71. The third-order valence-corrected chi connectivity index (χ3v) is 4.30. The van der Waals surface area contributed by atoms with Gasteiger partial charge in [0, 0.05) is 30.7 Å². The topological polar surface area (TPSA) is 114 Å². The van der Waals surface area contributed by atoms with E-state index < -0.39 is 4.92 Å². The zero-order valence-corrected chi connectivity index (χ0v) is 16.4. The second-order valence-electron chi connectivity index (χ2n) is 6.19. The van der Waals surface area contributed by atoms with E-state index in [1.54, 1.807) is 36.4 Å². The summed E-state index contributed by atoms with van der Waals surface area (Å²) in [7, 11) is 0. The van der Waals surface area contributed by atoms with Gasteiger partial charge in [-0.15, -0.1) is 0 Å². The Morgan fingerprint density at radius 1 is 1.10 bits per heavy atom. The minimum absolute atomic E-state index is 0.0399. The van der Waals surface area contributed by atoms with E-state index in [2.05, 4.69) is 15.8 Å². The van der Waals surface area contributed by atoms with Crippen LogP contribution >= 0.6 is 11.6 Å². The molecule has 2 N–H and O–H groups in total. The first-order chi connectivity index (χ1) is 14.0. The third kappa shape index (κ3) is 7.71. The summed E-state index contributed by atoms with van der Waals surface area (Å²) >= 11 is 5.97. The van der Waals surface area contributed by atoms with Crippen LogP contribution in [-0.4, -0.2) is 29.5 Å². The van der Waals surface area contributed by atoms with E-state index in [-0.39, 0.29) is 17.5 Å². The van der Waals surface area contributed by atoms with Crippen LogP contribution in [0.4, 0.5) is 5.69 Å². The molecule has 152 valence electrons. The van der Waals surface area contributed by atoms with Crippen molar-refractivity contribution in [3.63, 3.8) is 0 Å². The summed E-state index contributed by atoms with van der Waals surface area (Å²) in [5.41, 5.74) is 3.31. The molecular weight excluding hydrogens is 396 g/mol. The number of hydrogen-bond acceptors (Lipinski definition) is 5. The van der Waals surface area contributed by atoms with Crippen LogP contribution in [0.3, 0.4) is 0 Å². The number of hydrogen-bond donors (Lipinski definition) is 2. The Hall–Kier alpha value is -3.26. The maximum Gasteiger partial charge on any atom is 0.270 e. The zero-order chi connectivity index (χ0) is 21.1. The van der Waals surface area contributed by atoms with Crippen molar-refractivity contribution in [1.29, 1.82) is 0 Å². The molecule has 2 aromatic carbocycles. The molecule has 8 nitrogen and oxygen atoms in total. The molecule has 2 aromatic rings. The Bertz CT molecular complexity index is 902. The molecule has 0 atom stereocenters. The molecule has 0 aliphatic rings. The standard InChI is InChI=1S/C20H21ClN4O4/c21-18-10-4-3-9-17(18)20(27)22-12-5-1-2-11-19(26)24-23-14-15-7-6-8-16(13-15)25(28)29/h3-4,6-10,13-14H,1-2,5,11-12H2,(H,22,27)(H,24,26). The molecule has 0 fully saturated rings. The molecule has 0 aliphatic heterocycles. The number of hydrazone groups is 1. The van der Waals surface area contributed by atoms with Crippen molar-refractivity contribution in [2.24, 2.45) is 5.10 Å². The summed E-state index contributed by atoms with van der Waals surface area (Å²) in [6, 6.07) is 12.8. The van der Waals surface area contributed by atoms with Crippen molar-refractivity contribution < 1.29 is 14.5 Å². The highest BCUT2D eigenvalue weighted by Crippen LogP contribution is 2.14. The van der Waals surface area contributed by atoms with Crippen molar-refractivity contribution in [1.82, 2.24) is 10.7 Å². The lowest BCUT2D eigenvalue weighted by atomic mass is 10.1. The predicted octanol–water partition coefficient (Wildman–Crippen LogP) is 3.69. The summed E-state index contributed by atoms with van der Waals surface area (Å²) in [6.45, 7) is 0.497. The van der Waals surface area contributed by atoms with Gasteiger partial charge < -0.3 is 5.32 Å². The molecule has 0 heterocycles. The maximum atomic E-state index is 12.0. The lowest BCUT2D eigenvalue weighted by Crippen LogP contribution is -2.24. The molecule has 29 heavy (non-hydrogen) atoms. The summed E-state index contributed by atoms with van der Waals surface area (Å²) in [5, 5.41) is 17.7.